The van der Waals surface area contributed by atoms with E-state index in [1.165, 1.54) is 12.0 Å². The molecule has 0 aromatic heterocycles. The lowest BCUT2D eigenvalue weighted by Crippen LogP contribution is -2.55. The fourth-order valence-corrected chi connectivity index (χ4v) is 5.63. The molecule has 3 amide bonds. The zero-order valence-corrected chi connectivity index (χ0v) is 22.4. The van der Waals surface area contributed by atoms with Crippen LogP contribution in [0, 0.1) is 0 Å². The summed E-state index contributed by atoms with van der Waals surface area (Å²) in [4.78, 5) is 35.2. The Labute approximate surface area is 229 Å². The second-order valence-corrected chi connectivity index (χ2v) is 10.5. The largest absolute Gasteiger partial charge is 0.494 e. The fourth-order valence-electron chi connectivity index (χ4n) is 5.30. The second-order valence-electron chi connectivity index (χ2n) is 9.58. The number of nitrogens with one attached hydrogen (secondary N) is 1. The number of benzene rings is 3. The molecule has 8 nitrogen and oxygen atoms in total. The van der Waals surface area contributed by atoms with Gasteiger partial charge in [0.15, 0.2) is 0 Å². The van der Waals surface area contributed by atoms with Gasteiger partial charge < -0.3 is 14.8 Å². The molecule has 3 aromatic carbocycles. The van der Waals surface area contributed by atoms with Crippen LogP contribution in [-0.2, 0) is 4.79 Å². The third kappa shape index (κ3) is 3.87. The minimum absolute atomic E-state index is 0.147. The van der Waals surface area contributed by atoms with E-state index < -0.39 is 12.1 Å². The van der Waals surface area contributed by atoms with E-state index in [4.69, 9.17) is 37.7 Å². The maximum absolute atomic E-state index is 14.2. The number of carbonyl (C=O) groups excluding carboxylic acids is 2. The van der Waals surface area contributed by atoms with E-state index in [0.29, 0.717) is 44.3 Å². The van der Waals surface area contributed by atoms with Gasteiger partial charge in [-0.05, 0) is 49.2 Å². The topological polar surface area (TPSA) is 83.5 Å². The maximum Gasteiger partial charge on any atom is 0.331 e. The molecule has 10 heteroatoms. The van der Waals surface area contributed by atoms with Gasteiger partial charge in [0.2, 0.25) is 5.91 Å². The summed E-state index contributed by atoms with van der Waals surface area (Å²) in [6.07, 6.45) is -0.162. The summed E-state index contributed by atoms with van der Waals surface area (Å²) in [5, 5.41) is 4.03. The molecule has 0 saturated heterocycles. The van der Waals surface area contributed by atoms with Crippen LogP contribution in [0.4, 0.5) is 16.2 Å². The van der Waals surface area contributed by atoms with Crippen LogP contribution in [0.25, 0.3) is 0 Å². The number of hydrogen-bond donors (Lipinski definition) is 1. The van der Waals surface area contributed by atoms with Crippen LogP contribution >= 0.6 is 23.2 Å². The predicted octanol–water partition coefficient (Wildman–Crippen LogP) is 6.23. The number of halogens is 2. The van der Waals surface area contributed by atoms with E-state index >= 15 is 0 Å². The molecule has 0 fully saturated rings. The molecular formula is C28H24Cl2N4O4. The first-order valence-electron chi connectivity index (χ1n) is 12.2. The summed E-state index contributed by atoms with van der Waals surface area (Å²) in [6, 6.07) is 15.2. The smallest absolute Gasteiger partial charge is 0.331 e. The van der Waals surface area contributed by atoms with Crippen molar-refractivity contribution in [1.29, 1.82) is 0 Å². The monoisotopic (exact) mass is 550 g/mol. The Morgan fingerprint density at radius 2 is 1.76 bits per heavy atom. The van der Waals surface area contributed by atoms with Crippen molar-refractivity contribution in [1.82, 2.24) is 4.90 Å². The highest BCUT2D eigenvalue weighted by Crippen LogP contribution is 2.54. The van der Waals surface area contributed by atoms with Gasteiger partial charge in [0, 0.05) is 16.1 Å². The molecule has 0 saturated carbocycles. The highest BCUT2D eigenvalue weighted by molar-refractivity contribution is 6.31. The number of rotatable bonds is 5. The van der Waals surface area contributed by atoms with Gasteiger partial charge in [-0.2, -0.15) is 0 Å². The zero-order chi connectivity index (χ0) is 26.7. The maximum atomic E-state index is 14.2. The Balaban J connectivity index is 1.63. The fraction of sp³-hybridized carbons (Fsp3) is 0.250. The zero-order valence-electron chi connectivity index (χ0n) is 20.9. The summed E-state index contributed by atoms with van der Waals surface area (Å²) in [7, 11) is 1.51. The van der Waals surface area contributed by atoms with Crippen LogP contribution in [0.3, 0.4) is 0 Å². The number of urea groups is 1. The van der Waals surface area contributed by atoms with E-state index in [1.54, 1.807) is 29.2 Å². The molecule has 6 rings (SSSR count). The quantitative estimate of drug-likeness (QED) is 0.408. The number of nitrogens with zero attached hydrogens (tertiary/aromatic N) is 3. The SMILES string of the molecule is COc1cc(OC(C)C)c2c3c1NC(=O)CN3C(=O)N1C2=NC(c2cccc(Cl)c2)C1c1ccc(Cl)cc1. The summed E-state index contributed by atoms with van der Waals surface area (Å²) >= 11 is 12.6. The van der Waals surface area contributed by atoms with E-state index in [1.807, 2.05) is 44.2 Å². The number of hydrogen-bond acceptors (Lipinski definition) is 5. The first kappa shape index (κ1) is 24.6. The summed E-state index contributed by atoms with van der Waals surface area (Å²) < 4.78 is 11.8. The molecule has 0 spiro atoms. The van der Waals surface area contributed by atoms with Crippen molar-refractivity contribution in [2.45, 2.75) is 32.0 Å². The Hall–Kier alpha value is -3.75. The van der Waals surface area contributed by atoms with Gasteiger partial charge in [0.25, 0.3) is 0 Å². The van der Waals surface area contributed by atoms with Gasteiger partial charge in [0.05, 0.1) is 30.5 Å². The normalized spacial score (nSPS) is 19.7. The van der Waals surface area contributed by atoms with Crippen molar-refractivity contribution in [2.75, 3.05) is 23.9 Å². The molecule has 0 aliphatic carbocycles. The average molecular weight is 551 g/mol. The van der Waals surface area contributed by atoms with E-state index in [0.717, 1.165) is 11.1 Å². The highest BCUT2D eigenvalue weighted by atomic mass is 35.5. The van der Waals surface area contributed by atoms with Crippen LogP contribution in [0.1, 0.15) is 42.6 Å². The number of amides is 3. The summed E-state index contributed by atoms with van der Waals surface area (Å²) in [5.74, 6) is 1.05. The minimum Gasteiger partial charge on any atom is -0.494 e. The van der Waals surface area contributed by atoms with E-state index in [-0.39, 0.29) is 24.6 Å². The van der Waals surface area contributed by atoms with Gasteiger partial charge >= 0.3 is 6.03 Å². The molecule has 2 unspecified atom stereocenters. The van der Waals surface area contributed by atoms with Crippen LogP contribution in [0.15, 0.2) is 59.6 Å². The third-order valence-corrected chi connectivity index (χ3v) is 7.26. The number of methoxy groups -OCH3 is 1. The van der Waals surface area contributed by atoms with Crippen LogP contribution in [0.5, 0.6) is 11.5 Å². The Morgan fingerprint density at radius 1 is 1.00 bits per heavy atom. The van der Waals surface area contributed by atoms with Crippen molar-refractivity contribution < 1.29 is 19.1 Å². The number of fused-ring (bicyclic) bond motifs is 2. The molecule has 0 bridgehead atoms. The summed E-state index contributed by atoms with van der Waals surface area (Å²) in [6.45, 7) is 3.70. The highest BCUT2D eigenvalue weighted by Gasteiger charge is 2.51. The minimum atomic E-state index is -0.510. The van der Waals surface area contributed by atoms with Crippen LogP contribution < -0.4 is 19.7 Å². The van der Waals surface area contributed by atoms with Crippen LogP contribution in [0.2, 0.25) is 10.0 Å². The lowest BCUT2D eigenvalue weighted by atomic mass is 9.93. The van der Waals surface area contributed by atoms with Crippen molar-refractivity contribution >= 4 is 52.4 Å². The van der Waals surface area contributed by atoms with Gasteiger partial charge in [-0.15, -0.1) is 0 Å². The number of ether oxygens (including phenoxy) is 2. The van der Waals surface area contributed by atoms with Crippen molar-refractivity contribution in [3.8, 4) is 11.5 Å². The molecule has 0 radical (unpaired) electrons. The molecule has 3 aromatic rings. The number of carbonyl (C=O) groups is 2. The van der Waals surface area contributed by atoms with Gasteiger partial charge in [-0.3, -0.25) is 19.6 Å². The molecule has 3 heterocycles. The first-order chi connectivity index (χ1) is 18.3. The van der Waals surface area contributed by atoms with Crippen molar-refractivity contribution in [2.24, 2.45) is 4.99 Å². The van der Waals surface area contributed by atoms with E-state index in [9.17, 15) is 9.59 Å². The Bertz CT molecular complexity index is 1510. The standard InChI is InChI=1S/C28H24Cl2N4O4/c1-14(2)38-19-12-20(37-3)24-26-22(19)27-32-23(16-5-4-6-18(30)11-16)25(15-7-9-17(29)10-8-15)34(27)28(36)33(26)13-21(35)31-24/h4-12,14,23,25H,13H2,1-3H3,(H,31,35). The second kappa shape index (κ2) is 9.22. The van der Waals surface area contributed by atoms with Gasteiger partial charge in [-0.1, -0.05) is 47.5 Å². The number of anilines is 2. The lowest BCUT2D eigenvalue weighted by molar-refractivity contribution is -0.115. The summed E-state index contributed by atoms with van der Waals surface area (Å²) in [5.41, 5.74) is 3.25. The van der Waals surface area contributed by atoms with Gasteiger partial charge in [0.1, 0.15) is 35.6 Å². The Morgan fingerprint density at radius 3 is 2.45 bits per heavy atom. The number of amidine groups is 1. The van der Waals surface area contributed by atoms with Crippen LogP contribution in [-0.4, -0.2) is 42.4 Å². The molecule has 194 valence electrons. The predicted molar refractivity (Wildman–Crippen MR) is 147 cm³/mol. The lowest BCUT2D eigenvalue weighted by Gasteiger charge is -2.42. The molecule has 2 atom stereocenters. The molecule has 3 aliphatic heterocycles. The first-order valence-corrected chi connectivity index (χ1v) is 12.9. The average Bonchev–Trinajstić information content (AvgIpc) is 3.28. The van der Waals surface area contributed by atoms with E-state index in [2.05, 4.69) is 5.32 Å². The van der Waals surface area contributed by atoms with Crippen molar-refractivity contribution in [3.63, 3.8) is 0 Å². The molecule has 1 N–H and O–H groups in total. The molecule has 38 heavy (non-hydrogen) atoms. The van der Waals surface area contributed by atoms with Gasteiger partial charge in [-0.25, -0.2) is 4.79 Å². The number of aliphatic imine (C=N–C) groups is 1. The molecular weight excluding hydrogens is 527 g/mol. The van der Waals surface area contributed by atoms with Crippen molar-refractivity contribution in [3.05, 3.63) is 81.3 Å². The molecule has 3 aliphatic rings. The Kier molecular flexibility index (Phi) is 5.96. The third-order valence-electron chi connectivity index (χ3n) is 6.78.